The highest BCUT2D eigenvalue weighted by molar-refractivity contribution is 7.17. The molecule has 2 N–H and O–H groups in total. The Balaban J connectivity index is 1.16. The fourth-order valence-corrected chi connectivity index (χ4v) is 5.90. The number of amides is 1. The molecular formula is C28H27FN4O3S. The first-order valence-electron chi connectivity index (χ1n) is 12.2. The number of rotatable bonds is 6. The number of halogens is 1. The molecule has 0 spiro atoms. The highest BCUT2D eigenvalue weighted by atomic mass is 32.1. The van der Waals surface area contributed by atoms with Gasteiger partial charge in [-0.3, -0.25) is 4.79 Å². The normalized spacial score (nSPS) is 20.7. The molecule has 1 aliphatic carbocycles. The lowest BCUT2D eigenvalue weighted by molar-refractivity contribution is 0.0755. The van der Waals surface area contributed by atoms with Crippen molar-refractivity contribution in [3.8, 4) is 27.9 Å². The van der Waals surface area contributed by atoms with E-state index in [9.17, 15) is 9.18 Å². The summed E-state index contributed by atoms with van der Waals surface area (Å²) in [5.74, 6) is 1.38. The first-order chi connectivity index (χ1) is 17.7. The monoisotopic (exact) mass is 518 g/mol. The van der Waals surface area contributed by atoms with Crippen LogP contribution in [0.1, 0.15) is 34.8 Å². The van der Waals surface area contributed by atoms with Crippen molar-refractivity contribution in [3.05, 3.63) is 76.7 Å². The number of pyridine rings is 1. The van der Waals surface area contributed by atoms with Gasteiger partial charge >= 0.3 is 0 Å². The van der Waals surface area contributed by atoms with Crippen LogP contribution in [0, 0.1) is 24.6 Å². The molecule has 9 heteroatoms. The van der Waals surface area contributed by atoms with E-state index in [-0.39, 0.29) is 29.7 Å². The molecule has 1 saturated heterocycles. The van der Waals surface area contributed by atoms with E-state index >= 15 is 0 Å². The smallest absolute Gasteiger partial charge is 0.265 e. The van der Waals surface area contributed by atoms with Crippen LogP contribution in [-0.4, -0.2) is 40.0 Å². The van der Waals surface area contributed by atoms with Crippen molar-refractivity contribution in [2.45, 2.75) is 32.4 Å². The Morgan fingerprint density at radius 2 is 1.89 bits per heavy atom. The number of carbonyl (C=O) groups is 1. The number of ether oxygens (including phenoxy) is 1. The van der Waals surface area contributed by atoms with Gasteiger partial charge in [-0.25, -0.2) is 14.4 Å². The van der Waals surface area contributed by atoms with Crippen molar-refractivity contribution in [2.75, 3.05) is 13.1 Å². The number of likely N-dealkylation sites (tertiary alicyclic amines) is 1. The van der Waals surface area contributed by atoms with Crippen LogP contribution in [-0.2, 0) is 5.54 Å². The molecule has 0 radical (unpaired) electrons. The molecule has 3 aromatic heterocycles. The van der Waals surface area contributed by atoms with Gasteiger partial charge in [0, 0.05) is 42.1 Å². The Morgan fingerprint density at radius 1 is 1.16 bits per heavy atom. The third kappa shape index (κ3) is 4.53. The number of nitrogens with two attached hydrogens (primary N) is 1. The Bertz CT molecular complexity index is 1450. The lowest BCUT2D eigenvalue weighted by Gasteiger charge is -2.22. The minimum Gasteiger partial charge on any atom is -0.474 e. The van der Waals surface area contributed by atoms with Gasteiger partial charge in [0.25, 0.3) is 5.91 Å². The van der Waals surface area contributed by atoms with Gasteiger partial charge in [-0.1, -0.05) is 0 Å². The average Bonchev–Trinajstić information content (AvgIpc) is 3.36. The van der Waals surface area contributed by atoms with Crippen molar-refractivity contribution in [1.29, 1.82) is 0 Å². The number of thiazole rings is 1. The number of aromatic nitrogens is 2. The van der Waals surface area contributed by atoms with Crippen LogP contribution in [0.25, 0.3) is 22.0 Å². The molecule has 2 unspecified atom stereocenters. The number of carbonyl (C=O) groups excluding carboxylic acids is 1. The Kier molecular flexibility index (Phi) is 5.65. The average molecular weight is 519 g/mol. The molecule has 37 heavy (non-hydrogen) atoms. The summed E-state index contributed by atoms with van der Waals surface area (Å²) in [5, 5.41) is 0.710. The number of aryl methyl sites for hydroxylation is 1. The number of benzene rings is 1. The molecule has 0 bridgehead atoms. The second kappa shape index (κ2) is 8.78. The molecule has 2 fully saturated rings. The lowest BCUT2D eigenvalue weighted by Crippen LogP contribution is -2.33. The number of nitrogens with zero attached hydrogens (tertiary/aromatic N) is 3. The zero-order valence-electron chi connectivity index (χ0n) is 20.8. The number of hydrogen-bond acceptors (Lipinski definition) is 7. The highest BCUT2D eigenvalue weighted by Gasteiger charge is 2.59. The van der Waals surface area contributed by atoms with Crippen molar-refractivity contribution in [3.63, 3.8) is 0 Å². The maximum atomic E-state index is 13.4. The van der Waals surface area contributed by atoms with Crippen molar-refractivity contribution >= 4 is 17.2 Å². The van der Waals surface area contributed by atoms with Crippen molar-refractivity contribution in [2.24, 2.45) is 17.6 Å². The largest absolute Gasteiger partial charge is 0.474 e. The van der Waals surface area contributed by atoms with E-state index in [4.69, 9.17) is 19.9 Å². The third-order valence-corrected chi connectivity index (χ3v) is 8.23. The van der Waals surface area contributed by atoms with Crippen LogP contribution in [0.15, 0.2) is 59.2 Å². The van der Waals surface area contributed by atoms with E-state index in [1.165, 1.54) is 23.5 Å². The fraction of sp³-hybridized carbons (Fsp3) is 0.321. The van der Waals surface area contributed by atoms with E-state index in [1.807, 2.05) is 49.9 Å². The molecular weight excluding hydrogens is 491 g/mol. The molecule has 6 rings (SSSR count). The second-order valence-electron chi connectivity index (χ2n) is 10.3. The molecule has 4 heterocycles. The van der Waals surface area contributed by atoms with Gasteiger partial charge in [0.2, 0.25) is 5.88 Å². The van der Waals surface area contributed by atoms with E-state index in [2.05, 4.69) is 4.98 Å². The van der Waals surface area contributed by atoms with E-state index in [0.29, 0.717) is 46.0 Å². The van der Waals surface area contributed by atoms with Gasteiger partial charge in [0.05, 0.1) is 17.7 Å². The summed E-state index contributed by atoms with van der Waals surface area (Å²) in [6, 6.07) is 13.7. The van der Waals surface area contributed by atoms with Gasteiger partial charge in [0.15, 0.2) is 10.8 Å². The molecule has 7 nitrogen and oxygen atoms in total. The maximum Gasteiger partial charge on any atom is 0.265 e. The molecule has 2 atom stereocenters. The number of fused-ring (bicyclic) bond motifs is 1. The molecule has 2 aliphatic rings. The van der Waals surface area contributed by atoms with Gasteiger partial charge < -0.3 is 19.8 Å². The maximum absolute atomic E-state index is 13.4. The Morgan fingerprint density at radius 3 is 2.54 bits per heavy atom. The summed E-state index contributed by atoms with van der Waals surface area (Å²) < 4.78 is 25.2. The second-order valence-corrected chi connectivity index (χ2v) is 11.3. The Hall–Kier alpha value is -3.56. The van der Waals surface area contributed by atoms with Crippen molar-refractivity contribution < 1.29 is 18.3 Å². The molecule has 4 aromatic rings. The first kappa shape index (κ1) is 23.8. The van der Waals surface area contributed by atoms with E-state index < -0.39 is 5.54 Å². The predicted octanol–water partition coefficient (Wildman–Crippen LogP) is 5.26. The summed E-state index contributed by atoms with van der Waals surface area (Å²) in [7, 11) is 0. The molecule has 190 valence electrons. The van der Waals surface area contributed by atoms with Crippen LogP contribution in [0.3, 0.4) is 0 Å². The molecule has 1 aromatic carbocycles. The molecule has 1 aliphatic heterocycles. The van der Waals surface area contributed by atoms with Crippen LogP contribution < -0.4 is 10.5 Å². The van der Waals surface area contributed by atoms with Gasteiger partial charge in [-0.15, -0.1) is 11.3 Å². The standard InChI is InChI=1S/C28H27FN4O3S/c1-15-25(37-26(31-15)22-5-4-10-35-22)27(34)33-13-19-20(14-33)24(19)36-23-12-17(28(2,3)30)11-21(32-23)16-6-8-18(29)9-7-16/h4-12,19-20,24H,13-14,30H2,1-3H3. The summed E-state index contributed by atoms with van der Waals surface area (Å²) in [5.41, 5.74) is 8.86. The zero-order valence-corrected chi connectivity index (χ0v) is 21.6. The van der Waals surface area contributed by atoms with Gasteiger partial charge in [0.1, 0.15) is 16.8 Å². The van der Waals surface area contributed by atoms with Crippen LogP contribution in [0.5, 0.6) is 5.88 Å². The van der Waals surface area contributed by atoms with Crippen LogP contribution in [0.4, 0.5) is 4.39 Å². The fourth-order valence-electron chi connectivity index (χ4n) is 4.90. The molecule has 1 amide bonds. The van der Waals surface area contributed by atoms with Crippen LogP contribution in [0.2, 0.25) is 0 Å². The van der Waals surface area contributed by atoms with E-state index in [0.717, 1.165) is 11.1 Å². The quantitative estimate of drug-likeness (QED) is 0.374. The topological polar surface area (TPSA) is 94.5 Å². The third-order valence-electron chi connectivity index (χ3n) is 7.07. The summed E-state index contributed by atoms with van der Waals surface area (Å²) in [6.07, 6.45) is 1.60. The van der Waals surface area contributed by atoms with Gasteiger partial charge in [-0.05, 0) is 68.8 Å². The summed E-state index contributed by atoms with van der Waals surface area (Å²) in [6.45, 7) is 6.97. The van der Waals surface area contributed by atoms with E-state index in [1.54, 1.807) is 18.4 Å². The highest BCUT2D eigenvalue weighted by Crippen LogP contribution is 2.48. The lowest BCUT2D eigenvalue weighted by atomic mass is 9.95. The number of furan rings is 1. The molecule has 1 saturated carbocycles. The Labute approximate surface area is 218 Å². The summed E-state index contributed by atoms with van der Waals surface area (Å²) in [4.78, 5) is 25.0. The first-order valence-corrected chi connectivity index (χ1v) is 13.0. The number of hydrogen-bond donors (Lipinski definition) is 1. The zero-order chi connectivity index (χ0) is 25.9. The minimum absolute atomic E-state index is 0.00218. The predicted molar refractivity (Wildman–Crippen MR) is 139 cm³/mol. The summed E-state index contributed by atoms with van der Waals surface area (Å²) >= 11 is 1.36. The minimum atomic E-state index is -0.598. The van der Waals surface area contributed by atoms with Gasteiger partial charge in [-0.2, -0.15) is 0 Å². The SMILES string of the molecule is Cc1nc(-c2ccco2)sc1C(=O)N1CC2C(C1)C2Oc1cc(C(C)(C)N)cc(-c2ccc(F)cc2)n1. The van der Waals surface area contributed by atoms with Crippen molar-refractivity contribution in [1.82, 2.24) is 14.9 Å². The number of piperidine rings is 1. The van der Waals surface area contributed by atoms with Crippen LogP contribution >= 0.6 is 11.3 Å².